The fourth-order valence-corrected chi connectivity index (χ4v) is 3.29. The maximum absolute atomic E-state index is 6.05. The van der Waals surface area contributed by atoms with Gasteiger partial charge in [0.25, 0.3) is 0 Å². The molecule has 1 aromatic carbocycles. The summed E-state index contributed by atoms with van der Waals surface area (Å²) in [4.78, 5) is 0. The largest absolute Gasteiger partial charge is 0.426 e. The monoisotopic (exact) mass is 310 g/mol. The molecule has 2 rings (SSSR count). The fourth-order valence-electron chi connectivity index (χ4n) is 2.27. The topological polar surface area (TPSA) is 27.7 Å². The highest BCUT2D eigenvalue weighted by molar-refractivity contribution is 7.42. The summed E-state index contributed by atoms with van der Waals surface area (Å²) in [6.45, 7) is 16.7. The molecule has 1 aliphatic rings. The summed E-state index contributed by atoms with van der Waals surface area (Å²) in [5.74, 6) is 0.920. The van der Waals surface area contributed by atoms with Crippen LogP contribution in [0, 0.1) is 6.92 Å². The molecule has 0 bridgehead atoms. The first-order chi connectivity index (χ1) is 9.59. The van der Waals surface area contributed by atoms with Gasteiger partial charge >= 0.3 is 8.60 Å². The number of hydrogen-bond donors (Lipinski definition) is 0. The maximum atomic E-state index is 6.05. The van der Waals surface area contributed by atoms with Gasteiger partial charge in [0.15, 0.2) is 0 Å². The smallest absolute Gasteiger partial charge is 0.397 e. The third kappa shape index (κ3) is 3.97. The first kappa shape index (κ1) is 16.7. The molecule has 0 aliphatic carbocycles. The van der Waals surface area contributed by atoms with E-state index in [1.54, 1.807) is 0 Å². The zero-order valence-corrected chi connectivity index (χ0v) is 15.1. The van der Waals surface area contributed by atoms with Gasteiger partial charge in [-0.3, -0.25) is 0 Å². The molecule has 0 saturated carbocycles. The Balaban J connectivity index is 2.47. The van der Waals surface area contributed by atoms with E-state index in [1.165, 1.54) is 11.1 Å². The molecule has 0 unspecified atom stereocenters. The minimum Gasteiger partial charge on any atom is -0.426 e. The lowest BCUT2D eigenvalue weighted by atomic mass is 9.79. The summed E-state index contributed by atoms with van der Waals surface area (Å²) in [7, 11) is -1.24. The van der Waals surface area contributed by atoms with Crippen LogP contribution in [0.2, 0.25) is 0 Å². The van der Waals surface area contributed by atoms with E-state index in [-0.39, 0.29) is 10.8 Å². The van der Waals surface area contributed by atoms with Crippen LogP contribution in [0.1, 0.15) is 58.2 Å². The highest BCUT2D eigenvalue weighted by Gasteiger charge is 2.29. The summed E-state index contributed by atoms with van der Waals surface area (Å²) < 4.78 is 17.0. The second-order valence-electron chi connectivity index (χ2n) is 7.65. The van der Waals surface area contributed by atoms with Crippen molar-refractivity contribution in [2.75, 3.05) is 13.2 Å². The van der Waals surface area contributed by atoms with Crippen LogP contribution in [-0.2, 0) is 19.9 Å². The number of aryl methyl sites for hydroxylation is 1. The van der Waals surface area contributed by atoms with Gasteiger partial charge in [-0.05, 0) is 28.9 Å². The predicted molar refractivity (Wildman–Crippen MR) is 88.0 cm³/mol. The van der Waals surface area contributed by atoms with E-state index in [4.69, 9.17) is 13.6 Å². The van der Waals surface area contributed by atoms with Crippen LogP contribution >= 0.6 is 8.60 Å². The average Bonchev–Trinajstić information content (AvgIpc) is 2.81. The molecule has 4 heteroatoms. The van der Waals surface area contributed by atoms with Crippen molar-refractivity contribution in [3.05, 3.63) is 28.8 Å². The van der Waals surface area contributed by atoms with E-state index in [2.05, 4.69) is 60.6 Å². The lowest BCUT2D eigenvalue weighted by molar-refractivity contribution is 0.348. The van der Waals surface area contributed by atoms with Crippen LogP contribution in [0.5, 0.6) is 5.75 Å². The van der Waals surface area contributed by atoms with E-state index >= 15 is 0 Å². The Morgan fingerprint density at radius 3 is 2.00 bits per heavy atom. The summed E-state index contributed by atoms with van der Waals surface area (Å²) in [5, 5.41) is 0. The summed E-state index contributed by atoms with van der Waals surface area (Å²) in [6.07, 6.45) is 0. The lowest BCUT2D eigenvalue weighted by Crippen LogP contribution is -2.18. The van der Waals surface area contributed by atoms with Gasteiger partial charge in [-0.15, -0.1) is 0 Å². The fraction of sp³-hybridized carbons (Fsp3) is 0.647. The summed E-state index contributed by atoms with van der Waals surface area (Å²) in [5.41, 5.74) is 3.83. The van der Waals surface area contributed by atoms with E-state index in [1.807, 2.05) is 0 Å². The lowest BCUT2D eigenvalue weighted by Gasteiger charge is -2.29. The van der Waals surface area contributed by atoms with Gasteiger partial charge in [-0.25, -0.2) is 0 Å². The summed E-state index contributed by atoms with van der Waals surface area (Å²) >= 11 is 0. The molecular weight excluding hydrogens is 283 g/mol. The van der Waals surface area contributed by atoms with Gasteiger partial charge in [0, 0.05) is 5.56 Å². The molecule has 1 heterocycles. The molecule has 0 aromatic heterocycles. The normalized spacial score (nSPS) is 17.3. The molecule has 1 saturated heterocycles. The van der Waals surface area contributed by atoms with Gasteiger partial charge in [0.1, 0.15) is 5.75 Å². The Labute approximate surface area is 130 Å². The van der Waals surface area contributed by atoms with Crippen molar-refractivity contribution in [3.63, 3.8) is 0 Å². The van der Waals surface area contributed by atoms with Crippen molar-refractivity contribution in [1.29, 1.82) is 0 Å². The Morgan fingerprint density at radius 2 is 1.52 bits per heavy atom. The van der Waals surface area contributed by atoms with Crippen molar-refractivity contribution in [2.45, 2.75) is 59.3 Å². The summed E-state index contributed by atoms with van der Waals surface area (Å²) in [6, 6.07) is 4.49. The Hall–Kier alpha value is -0.630. The minimum absolute atomic E-state index is 0.0103. The highest BCUT2D eigenvalue weighted by Crippen LogP contribution is 2.48. The predicted octanol–water partition coefficient (Wildman–Crippen LogP) is 5.24. The zero-order valence-electron chi connectivity index (χ0n) is 14.2. The average molecular weight is 310 g/mol. The molecule has 1 aliphatic heterocycles. The van der Waals surface area contributed by atoms with Gasteiger partial charge in [-0.1, -0.05) is 53.7 Å². The van der Waals surface area contributed by atoms with Gasteiger partial charge in [0.2, 0.25) is 0 Å². The van der Waals surface area contributed by atoms with E-state index < -0.39 is 8.60 Å². The highest BCUT2D eigenvalue weighted by atomic mass is 31.2. The SMILES string of the molecule is Cc1cc(C(C)(C)C)cc(C(C)(C)C)c1OP1OCCO1. The maximum Gasteiger partial charge on any atom is 0.397 e. The second-order valence-corrected chi connectivity index (χ2v) is 8.80. The third-order valence-corrected chi connectivity index (χ3v) is 4.71. The van der Waals surface area contributed by atoms with Crippen LogP contribution in [-0.4, -0.2) is 13.2 Å². The van der Waals surface area contributed by atoms with Crippen LogP contribution in [0.15, 0.2) is 12.1 Å². The van der Waals surface area contributed by atoms with Crippen molar-refractivity contribution >= 4 is 8.60 Å². The van der Waals surface area contributed by atoms with Crippen molar-refractivity contribution in [3.8, 4) is 5.75 Å². The van der Waals surface area contributed by atoms with E-state index in [9.17, 15) is 0 Å². The number of benzene rings is 1. The molecule has 0 radical (unpaired) electrons. The van der Waals surface area contributed by atoms with Gasteiger partial charge in [0.05, 0.1) is 13.2 Å². The van der Waals surface area contributed by atoms with Gasteiger partial charge in [-0.2, -0.15) is 0 Å². The van der Waals surface area contributed by atoms with Crippen LogP contribution in [0.4, 0.5) is 0 Å². The molecule has 1 aromatic rings. The second kappa shape index (κ2) is 5.87. The van der Waals surface area contributed by atoms with E-state index in [0.717, 1.165) is 11.3 Å². The van der Waals surface area contributed by atoms with E-state index in [0.29, 0.717) is 13.2 Å². The third-order valence-electron chi connectivity index (χ3n) is 3.59. The zero-order chi connectivity index (χ0) is 15.8. The van der Waals surface area contributed by atoms with Crippen molar-refractivity contribution < 1.29 is 13.6 Å². The van der Waals surface area contributed by atoms with Gasteiger partial charge < -0.3 is 13.6 Å². The Morgan fingerprint density at radius 1 is 0.952 bits per heavy atom. The van der Waals surface area contributed by atoms with Crippen LogP contribution in [0.25, 0.3) is 0 Å². The number of rotatable bonds is 2. The number of hydrogen-bond acceptors (Lipinski definition) is 3. The first-order valence-corrected chi connectivity index (χ1v) is 8.58. The Kier molecular flexibility index (Phi) is 4.68. The molecule has 3 nitrogen and oxygen atoms in total. The van der Waals surface area contributed by atoms with Crippen LogP contribution < -0.4 is 4.52 Å². The minimum atomic E-state index is -1.24. The van der Waals surface area contributed by atoms with Crippen LogP contribution in [0.3, 0.4) is 0 Å². The molecule has 0 atom stereocenters. The molecular formula is C17H27O3P. The Bertz CT molecular complexity index is 506. The molecule has 21 heavy (non-hydrogen) atoms. The molecule has 1 fully saturated rings. The first-order valence-electron chi connectivity index (χ1n) is 7.48. The standard InChI is InChI=1S/C17H27O3P/c1-12-10-13(16(2,3)4)11-14(17(5,6)7)15(12)20-21-18-8-9-19-21/h10-11H,8-9H2,1-7H3. The van der Waals surface area contributed by atoms with Crippen molar-refractivity contribution in [1.82, 2.24) is 0 Å². The molecule has 0 N–H and O–H groups in total. The quantitative estimate of drug-likeness (QED) is 0.699. The molecule has 0 amide bonds. The molecule has 118 valence electrons. The molecule has 0 spiro atoms. The van der Waals surface area contributed by atoms with Crippen molar-refractivity contribution in [2.24, 2.45) is 0 Å².